The number of anilines is 1. The molecule has 0 saturated carbocycles. The fourth-order valence-corrected chi connectivity index (χ4v) is 2.02. The fraction of sp³-hybridized carbons (Fsp3) is 0.500. The van der Waals surface area contributed by atoms with Crippen LogP contribution in [0.5, 0.6) is 0 Å². The van der Waals surface area contributed by atoms with E-state index in [1.54, 1.807) is 4.57 Å². The van der Waals surface area contributed by atoms with E-state index in [1.165, 1.54) is 24.1 Å². The normalized spacial score (nSPS) is 15.5. The summed E-state index contributed by atoms with van der Waals surface area (Å²) in [5, 5.41) is 0. The Bertz CT molecular complexity index is 393. The van der Waals surface area contributed by atoms with Gasteiger partial charge in [0.25, 0.3) is 5.56 Å². The summed E-state index contributed by atoms with van der Waals surface area (Å²) in [5.41, 5.74) is 8.36. The predicted octanol–water partition coefficient (Wildman–Crippen LogP) is 0.846. The smallest absolute Gasteiger partial charge is 0.273 e. The van der Waals surface area contributed by atoms with Crippen LogP contribution < -0.4 is 11.3 Å². The van der Waals surface area contributed by atoms with Gasteiger partial charge in [0.15, 0.2) is 0 Å². The molecule has 0 amide bonds. The summed E-state index contributed by atoms with van der Waals surface area (Å²) >= 11 is 0. The lowest BCUT2D eigenvalue weighted by molar-refractivity contribution is 0.625. The molecule has 2 N–H and O–H groups in total. The maximum Gasteiger partial charge on any atom is 0.273 e. The van der Waals surface area contributed by atoms with Crippen LogP contribution in [0, 0.1) is 0 Å². The summed E-state index contributed by atoms with van der Waals surface area (Å²) in [6, 6.07) is 1.84. The van der Waals surface area contributed by atoms with Gasteiger partial charge in [-0.3, -0.25) is 4.79 Å². The number of nitrogens with zero attached hydrogens (tertiary/aromatic N) is 1. The van der Waals surface area contributed by atoms with E-state index < -0.39 is 0 Å². The molecule has 3 nitrogen and oxygen atoms in total. The molecule has 0 atom stereocenters. The van der Waals surface area contributed by atoms with Crippen LogP contribution in [0.1, 0.15) is 24.1 Å². The first-order chi connectivity index (χ1) is 6.20. The van der Waals surface area contributed by atoms with Crippen LogP contribution in [-0.2, 0) is 19.9 Å². The minimum absolute atomic E-state index is 0.0550. The van der Waals surface area contributed by atoms with Crippen LogP contribution in [0.3, 0.4) is 0 Å². The fourth-order valence-electron chi connectivity index (χ4n) is 2.02. The molecule has 0 fully saturated rings. The number of nitrogen functional groups attached to an aromatic ring is 1. The summed E-state index contributed by atoms with van der Waals surface area (Å²) in [6.45, 7) is 0. The van der Waals surface area contributed by atoms with Crippen molar-refractivity contribution in [3.8, 4) is 0 Å². The van der Waals surface area contributed by atoms with Gasteiger partial charge in [0, 0.05) is 12.7 Å². The number of rotatable bonds is 0. The molecule has 1 aliphatic rings. The lowest BCUT2D eigenvalue weighted by atomic mass is 9.95. The zero-order valence-electron chi connectivity index (χ0n) is 7.84. The SMILES string of the molecule is Cn1c2c(cc(N)c1=O)CCCC2. The molecule has 3 heteroatoms. The largest absolute Gasteiger partial charge is 0.394 e. The second-order valence-electron chi connectivity index (χ2n) is 3.64. The van der Waals surface area contributed by atoms with Crippen molar-refractivity contribution in [2.75, 3.05) is 5.73 Å². The molecule has 0 spiro atoms. The standard InChI is InChI=1S/C10H14N2O/c1-12-9-5-3-2-4-7(9)6-8(11)10(12)13/h6H,2-5,11H2,1H3. The Labute approximate surface area is 77.2 Å². The number of aromatic nitrogens is 1. The third kappa shape index (κ3) is 1.24. The molecular weight excluding hydrogens is 164 g/mol. The molecule has 1 aromatic heterocycles. The number of hydrogen-bond donors (Lipinski definition) is 1. The molecule has 2 rings (SSSR count). The zero-order chi connectivity index (χ0) is 9.42. The molecule has 0 saturated heterocycles. The molecule has 0 radical (unpaired) electrons. The third-order valence-corrected chi connectivity index (χ3v) is 2.77. The molecule has 0 aliphatic heterocycles. The van der Waals surface area contributed by atoms with Gasteiger partial charge >= 0.3 is 0 Å². The Kier molecular flexibility index (Phi) is 1.87. The molecule has 0 aromatic carbocycles. The van der Waals surface area contributed by atoms with Gasteiger partial charge in [0.1, 0.15) is 0 Å². The van der Waals surface area contributed by atoms with Crippen molar-refractivity contribution >= 4 is 5.69 Å². The lowest BCUT2D eigenvalue weighted by Gasteiger charge is -2.19. The quantitative estimate of drug-likeness (QED) is 0.640. The molecule has 0 unspecified atom stereocenters. The van der Waals surface area contributed by atoms with E-state index in [0.29, 0.717) is 5.69 Å². The van der Waals surface area contributed by atoms with Crippen molar-refractivity contribution in [1.29, 1.82) is 0 Å². The Morgan fingerprint density at radius 2 is 2.08 bits per heavy atom. The van der Waals surface area contributed by atoms with Crippen molar-refractivity contribution in [3.63, 3.8) is 0 Å². The van der Waals surface area contributed by atoms with Crippen molar-refractivity contribution in [2.45, 2.75) is 25.7 Å². The Balaban J connectivity index is 2.67. The van der Waals surface area contributed by atoms with Crippen molar-refractivity contribution in [1.82, 2.24) is 4.57 Å². The second kappa shape index (κ2) is 2.91. The number of hydrogen-bond acceptors (Lipinski definition) is 2. The van der Waals surface area contributed by atoms with Crippen LogP contribution >= 0.6 is 0 Å². The summed E-state index contributed by atoms with van der Waals surface area (Å²) in [7, 11) is 1.81. The second-order valence-corrected chi connectivity index (χ2v) is 3.64. The minimum atomic E-state index is -0.0550. The van der Waals surface area contributed by atoms with E-state index in [9.17, 15) is 4.79 Å². The first-order valence-corrected chi connectivity index (χ1v) is 4.67. The molecule has 1 heterocycles. The van der Waals surface area contributed by atoms with E-state index in [4.69, 9.17) is 5.73 Å². The Morgan fingerprint density at radius 3 is 2.85 bits per heavy atom. The molecule has 1 aliphatic carbocycles. The van der Waals surface area contributed by atoms with Gasteiger partial charge in [0.05, 0.1) is 5.69 Å². The summed E-state index contributed by atoms with van der Waals surface area (Å²) in [6.07, 6.45) is 4.48. The predicted molar refractivity (Wildman–Crippen MR) is 52.7 cm³/mol. The van der Waals surface area contributed by atoms with Gasteiger partial charge in [-0.2, -0.15) is 0 Å². The van der Waals surface area contributed by atoms with Gasteiger partial charge in [-0.15, -0.1) is 0 Å². The number of nitrogens with two attached hydrogens (primary N) is 1. The van der Waals surface area contributed by atoms with Crippen molar-refractivity contribution in [2.24, 2.45) is 7.05 Å². The van der Waals surface area contributed by atoms with Gasteiger partial charge in [-0.1, -0.05) is 0 Å². The Hall–Kier alpha value is -1.25. The minimum Gasteiger partial charge on any atom is -0.394 e. The molecular formula is C10H14N2O. The molecule has 70 valence electrons. The van der Waals surface area contributed by atoms with Crippen LogP contribution in [0.15, 0.2) is 10.9 Å². The van der Waals surface area contributed by atoms with Gasteiger partial charge < -0.3 is 10.3 Å². The average molecular weight is 178 g/mol. The van der Waals surface area contributed by atoms with E-state index in [2.05, 4.69) is 0 Å². The highest BCUT2D eigenvalue weighted by atomic mass is 16.1. The van der Waals surface area contributed by atoms with E-state index >= 15 is 0 Å². The molecule has 1 aromatic rings. The van der Waals surface area contributed by atoms with Crippen molar-refractivity contribution in [3.05, 3.63) is 27.7 Å². The van der Waals surface area contributed by atoms with Gasteiger partial charge in [-0.05, 0) is 37.3 Å². The Morgan fingerprint density at radius 1 is 1.38 bits per heavy atom. The van der Waals surface area contributed by atoms with Gasteiger partial charge in [0.2, 0.25) is 0 Å². The molecule has 13 heavy (non-hydrogen) atoms. The highest BCUT2D eigenvalue weighted by Gasteiger charge is 2.13. The maximum absolute atomic E-state index is 11.5. The average Bonchev–Trinajstić information content (AvgIpc) is 2.15. The first kappa shape index (κ1) is 8.35. The zero-order valence-corrected chi connectivity index (χ0v) is 7.84. The topological polar surface area (TPSA) is 48.0 Å². The summed E-state index contributed by atoms with van der Waals surface area (Å²) < 4.78 is 1.70. The van der Waals surface area contributed by atoms with E-state index in [1.807, 2.05) is 13.1 Å². The van der Waals surface area contributed by atoms with Gasteiger partial charge in [-0.25, -0.2) is 0 Å². The highest BCUT2D eigenvalue weighted by Crippen LogP contribution is 2.20. The summed E-state index contributed by atoms with van der Waals surface area (Å²) in [5.74, 6) is 0. The van der Waals surface area contributed by atoms with Crippen LogP contribution in [0.25, 0.3) is 0 Å². The highest BCUT2D eigenvalue weighted by molar-refractivity contribution is 5.41. The monoisotopic (exact) mass is 178 g/mol. The number of fused-ring (bicyclic) bond motifs is 1. The first-order valence-electron chi connectivity index (χ1n) is 4.67. The lowest BCUT2D eigenvalue weighted by Crippen LogP contribution is -2.26. The molecule has 0 bridgehead atoms. The van der Waals surface area contributed by atoms with E-state index in [-0.39, 0.29) is 5.56 Å². The van der Waals surface area contributed by atoms with Crippen molar-refractivity contribution < 1.29 is 0 Å². The van der Waals surface area contributed by atoms with Crippen LogP contribution in [0.2, 0.25) is 0 Å². The number of pyridine rings is 1. The third-order valence-electron chi connectivity index (χ3n) is 2.77. The van der Waals surface area contributed by atoms with E-state index in [0.717, 1.165) is 12.8 Å². The summed E-state index contributed by atoms with van der Waals surface area (Å²) in [4.78, 5) is 11.5. The maximum atomic E-state index is 11.5. The van der Waals surface area contributed by atoms with Crippen LogP contribution in [-0.4, -0.2) is 4.57 Å². The number of aryl methyl sites for hydroxylation is 1. The van der Waals surface area contributed by atoms with Crippen LogP contribution in [0.4, 0.5) is 5.69 Å².